The molecule has 0 N–H and O–H groups in total. The highest BCUT2D eigenvalue weighted by atomic mass is 15.1. The fourth-order valence-corrected chi connectivity index (χ4v) is 2.03. The molecule has 0 atom stereocenters. The van der Waals surface area contributed by atoms with Crippen molar-refractivity contribution in [1.29, 1.82) is 0 Å². The molecule has 90 valence electrons. The molecular weight excluding hydrogens is 224 g/mol. The van der Waals surface area contributed by atoms with Crippen LogP contribution in [0.15, 0.2) is 43.1 Å². The Balaban J connectivity index is 2.18. The second-order valence-electron chi connectivity index (χ2n) is 4.55. The van der Waals surface area contributed by atoms with Crippen LogP contribution in [0.3, 0.4) is 0 Å². The lowest BCUT2D eigenvalue weighted by Gasteiger charge is -2.08. The minimum absolute atomic E-state index is 0.379. The lowest BCUT2D eigenvalue weighted by Crippen LogP contribution is -1.98. The van der Waals surface area contributed by atoms with E-state index in [2.05, 4.69) is 39.4 Å². The first-order chi connectivity index (χ1) is 8.75. The number of hydrogen-bond donors (Lipinski definition) is 0. The third kappa shape index (κ3) is 1.76. The van der Waals surface area contributed by atoms with Gasteiger partial charge in [-0.1, -0.05) is 0 Å². The lowest BCUT2D eigenvalue weighted by molar-refractivity contribution is 0.617. The molecule has 0 saturated carbocycles. The van der Waals surface area contributed by atoms with Gasteiger partial charge in [0.15, 0.2) is 5.65 Å². The Labute approximate surface area is 105 Å². The average Bonchev–Trinajstić information content (AvgIpc) is 2.82. The number of hydrogen-bond acceptors (Lipinski definition) is 3. The Kier molecular flexibility index (Phi) is 2.55. The molecule has 0 aliphatic rings. The van der Waals surface area contributed by atoms with E-state index in [0.717, 1.165) is 22.3 Å². The molecule has 3 aromatic heterocycles. The van der Waals surface area contributed by atoms with Gasteiger partial charge in [0.1, 0.15) is 0 Å². The normalized spacial score (nSPS) is 11.3. The Morgan fingerprint density at radius 2 is 1.83 bits per heavy atom. The number of nitrogens with zero attached hydrogens (tertiary/aromatic N) is 4. The average molecular weight is 238 g/mol. The zero-order chi connectivity index (χ0) is 12.5. The van der Waals surface area contributed by atoms with E-state index in [1.165, 1.54) is 0 Å². The van der Waals surface area contributed by atoms with E-state index in [0.29, 0.717) is 6.04 Å². The summed E-state index contributed by atoms with van der Waals surface area (Å²) in [4.78, 5) is 12.8. The SMILES string of the molecule is CC(C)n1cnc2ncc(-c3ccncc3)cc21. The van der Waals surface area contributed by atoms with Crippen LogP contribution in [0.4, 0.5) is 0 Å². The zero-order valence-corrected chi connectivity index (χ0v) is 10.4. The van der Waals surface area contributed by atoms with Gasteiger partial charge in [0.05, 0.1) is 11.8 Å². The summed E-state index contributed by atoms with van der Waals surface area (Å²) < 4.78 is 2.13. The second-order valence-corrected chi connectivity index (χ2v) is 4.55. The molecule has 0 radical (unpaired) electrons. The van der Waals surface area contributed by atoms with Gasteiger partial charge in [-0.2, -0.15) is 0 Å². The highest BCUT2D eigenvalue weighted by Crippen LogP contribution is 2.23. The van der Waals surface area contributed by atoms with Crippen LogP contribution in [0.25, 0.3) is 22.3 Å². The van der Waals surface area contributed by atoms with Crippen molar-refractivity contribution in [2.24, 2.45) is 0 Å². The summed E-state index contributed by atoms with van der Waals surface area (Å²) in [6.45, 7) is 4.28. The first-order valence-electron chi connectivity index (χ1n) is 5.98. The van der Waals surface area contributed by atoms with E-state index in [-0.39, 0.29) is 0 Å². The van der Waals surface area contributed by atoms with Gasteiger partial charge in [-0.25, -0.2) is 9.97 Å². The van der Waals surface area contributed by atoms with Crippen LogP contribution >= 0.6 is 0 Å². The summed E-state index contributed by atoms with van der Waals surface area (Å²) in [6.07, 6.45) is 7.28. The molecule has 3 rings (SSSR count). The second kappa shape index (κ2) is 4.22. The summed E-state index contributed by atoms with van der Waals surface area (Å²) in [7, 11) is 0. The standard InChI is InChI=1S/C14H14N4/c1-10(2)18-9-17-14-13(18)7-12(8-16-14)11-3-5-15-6-4-11/h3-10H,1-2H3. The van der Waals surface area contributed by atoms with Gasteiger partial charge in [0.25, 0.3) is 0 Å². The molecule has 0 aliphatic heterocycles. The first kappa shape index (κ1) is 10.9. The Bertz CT molecular complexity index is 671. The van der Waals surface area contributed by atoms with Crippen LogP contribution in [-0.2, 0) is 0 Å². The summed E-state index contributed by atoms with van der Waals surface area (Å²) in [5, 5.41) is 0. The molecule has 0 saturated heterocycles. The number of aromatic nitrogens is 4. The van der Waals surface area contributed by atoms with Crippen molar-refractivity contribution in [3.63, 3.8) is 0 Å². The summed E-state index contributed by atoms with van der Waals surface area (Å²) >= 11 is 0. The van der Waals surface area contributed by atoms with Crippen molar-refractivity contribution in [3.8, 4) is 11.1 Å². The molecule has 0 amide bonds. The summed E-state index contributed by atoms with van der Waals surface area (Å²) in [6, 6.07) is 6.48. The lowest BCUT2D eigenvalue weighted by atomic mass is 10.1. The number of imidazole rings is 1. The Morgan fingerprint density at radius 3 is 2.56 bits per heavy atom. The molecule has 18 heavy (non-hydrogen) atoms. The van der Waals surface area contributed by atoms with Crippen LogP contribution < -0.4 is 0 Å². The van der Waals surface area contributed by atoms with Crippen LogP contribution in [0.5, 0.6) is 0 Å². The molecule has 0 aromatic carbocycles. The van der Waals surface area contributed by atoms with Gasteiger partial charge in [0.2, 0.25) is 0 Å². The van der Waals surface area contributed by atoms with E-state index < -0.39 is 0 Å². The van der Waals surface area contributed by atoms with Crippen LogP contribution in [0.2, 0.25) is 0 Å². The molecule has 4 heteroatoms. The fraction of sp³-hybridized carbons (Fsp3) is 0.214. The van der Waals surface area contributed by atoms with Gasteiger partial charge in [-0.05, 0) is 37.6 Å². The van der Waals surface area contributed by atoms with Crippen molar-refractivity contribution in [3.05, 3.63) is 43.1 Å². The van der Waals surface area contributed by atoms with Crippen molar-refractivity contribution in [2.75, 3.05) is 0 Å². The smallest absolute Gasteiger partial charge is 0.177 e. The highest BCUT2D eigenvalue weighted by molar-refractivity contribution is 5.78. The van der Waals surface area contributed by atoms with Crippen molar-refractivity contribution >= 4 is 11.2 Å². The van der Waals surface area contributed by atoms with Gasteiger partial charge in [-0.15, -0.1) is 0 Å². The molecular formula is C14H14N4. The minimum atomic E-state index is 0.379. The van der Waals surface area contributed by atoms with E-state index >= 15 is 0 Å². The van der Waals surface area contributed by atoms with Crippen molar-refractivity contribution in [1.82, 2.24) is 19.5 Å². The van der Waals surface area contributed by atoms with Crippen LogP contribution in [-0.4, -0.2) is 19.5 Å². The highest BCUT2D eigenvalue weighted by Gasteiger charge is 2.08. The topological polar surface area (TPSA) is 43.6 Å². The quantitative estimate of drug-likeness (QED) is 0.689. The largest absolute Gasteiger partial charge is 0.327 e. The summed E-state index contributed by atoms with van der Waals surface area (Å²) in [5.74, 6) is 0. The fourth-order valence-electron chi connectivity index (χ4n) is 2.03. The number of pyridine rings is 2. The maximum atomic E-state index is 4.41. The predicted molar refractivity (Wildman–Crippen MR) is 71.1 cm³/mol. The molecule has 0 aliphatic carbocycles. The first-order valence-corrected chi connectivity index (χ1v) is 5.98. The van der Waals surface area contributed by atoms with E-state index in [4.69, 9.17) is 0 Å². The minimum Gasteiger partial charge on any atom is -0.327 e. The molecule has 3 aromatic rings. The van der Waals surface area contributed by atoms with Gasteiger partial charge >= 0.3 is 0 Å². The molecule has 0 bridgehead atoms. The zero-order valence-electron chi connectivity index (χ0n) is 10.4. The monoisotopic (exact) mass is 238 g/mol. The third-order valence-corrected chi connectivity index (χ3v) is 3.00. The molecule has 3 heterocycles. The van der Waals surface area contributed by atoms with E-state index in [9.17, 15) is 0 Å². The van der Waals surface area contributed by atoms with Crippen LogP contribution in [0.1, 0.15) is 19.9 Å². The van der Waals surface area contributed by atoms with Gasteiger partial charge < -0.3 is 4.57 Å². The molecule has 0 fully saturated rings. The van der Waals surface area contributed by atoms with Gasteiger partial charge in [0, 0.05) is 30.2 Å². The van der Waals surface area contributed by atoms with E-state index in [1.807, 2.05) is 24.7 Å². The predicted octanol–water partition coefficient (Wildman–Crippen LogP) is 3.07. The molecule has 0 unspecified atom stereocenters. The summed E-state index contributed by atoms with van der Waals surface area (Å²) in [5.41, 5.74) is 4.07. The Hall–Kier alpha value is -2.23. The maximum Gasteiger partial charge on any atom is 0.177 e. The number of rotatable bonds is 2. The van der Waals surface area contributed by atoms with E-state index in [1.54, 1.807) is 12.4 Å². The number of fused-ring (bicyclic) bond motifs is 1. The third-order valence-electron chi connectivity index (χ3n) is 3.00. The Morgan fingerprint density at radius 1 is 1.06 bits per heavy atom. The maximum absolute atomic E-state index is 4.41. The molecule has 0 spiro atoms. The van der Waals surface area contributed by atoms with Gasteiger partial charge in [-0.3, -0.25) is 4.98 Å². The van der Waals surface area contributed by atoms with Crippen molar-refractivity contribution < 1.29 is 0 Å². The van der Waals surface area contributed by atoms with Crippen LogP contribution in [0, 0.1) is 0 Å². The molecule has 4 nitrogen and oxygen atoms in total. The van der Waals surface area contributed by atoms with Crippen molar-refractivity contribution in [2.45, 2.75) is 19.9 Å².